The molecule has 3 heterocycles. The minimum atomic E-state index is -0.152. The Hall–Kier alpha value is -2.29. The Balaban J connectivity index is 1.37. The van der Waals surface area contributed by atoms with E-state index in [1.54, 1.807) is 17.4 Å². The second kappa shape index (κ2) is 6.91. The summed E-state index contributed by atoms with van der Waals surface area (Å²) in [4.78, 5) is 20.8. The molecule has 25 heavy (non-hydrogen) atoms. The second-order valence-electron chi connectivity index (χ2n) is 5.20. The number of aryl methyl sites for hydroxylation is 1. The summed E-state index contributed by atoms with van der Waals surface area (Å²) in [7, 11) is 0. The molecule has 0 fully saturated rings. The summed E-state index contributed by atoms with van der Waals surface area (Å²) < 4.78 is 6.12. The molecular formula is C16H11ClN4O2S2. The highest BCUT2D eigenvalue weighted by Crippen LogP contribution is 2.28. The van der Waals surface area contributed by atoms with E-state index in [1.807, 2.05) is 29.0 Å². The van der Waals surface area contributed by atoms with Crippen LogP contribution in [0.5, 0.6) is 0 Å². The van der Waals surface area contributed by atoms with Crippen LogP contribution in [-0.4, -0.2) is 21.0 Å². The highest BCUT2D eigenvalue weighted by molar-refractivity contribution is 7.22. The van der Waals surface area contributed by atoms with Crippen LogP contribution in [0, 0.1) is 0 Å². The van der Waals surface area contributed by atoms with Crippen molar-refractivity contribution in [3.8, 4) is 11.4 Å². The Morgan fingerprint density at radius 3 is 3.04 bits per heavy atom. The number of nitrogens with zero attached hydrogens (tertiary/aromatic N) is 3. The average Bonchev–Trinajstić information content (AvgIpc) is 3.32. The third-order valence-corrected chi connectivity index (χ3v) is 5.26. The third-order valence-electron chi connectivity index (χ3n) is 3.41. The average molecular weight is 391 g/mol. The zero-order valence-electron chi connectivity index (χ0n) is 12.7. The van der Waals surface area contributed by atoms with Gasteiger partial charge in [0.25, 0.3) is 0 Å². The molecule has 0 aliphatic carbocycles. The van der Waals surface area contributed by atoms with Crippen LogP contribution in [0.1, 0.15) is 12.3 Å². The molecule has 1 aromatic carbocycles. The molecule has 0 saturated carbocycles. The predicted octanol–water partition coefficient (Wildman–Crippen LogP) is 4.63. The summed E-state index contributed by atoms with van der Waals surface area (Å²) in [5, 5.41) is 11.8. The first-order valence-electron chi connectivity index (χ1n) is 7.38. The quantitative estimate of drug-likeness (QED) is 0.537. The number of amides is 1. The van der Waals surface area contributed by atoms with E-state index in [-0.39, 0.29) is 12.3 Å². The fourth-order valence-corrected chi connectivity index (χ4v) is 4.01. The Morgan fingerprint density at radius 2 is 2.20 bits per heavy atom. The van der Waals surface area contributed by atoms with E-state index in [0.29, 0.717) is 28.3 Å². The Kier molecular flexibility index (Phi) is 4.48. The number of fused-ring (bicyclic) bond motifs is 1. The standard InChI is InChI=1S/C16H11ClN4O2S2/c17-10-1-2-11-12(7-10)25-16(18-11)19-13(22)3-4-14-20-15(21-23-14)9-5-6-24-8-9/h1-2,5-8H,3-4H2,(H,18,19,22). The lowest BCUT2D eigenvalue weighted by molar-refractivity contribution is -0.116. The molecule has 0 saturated heterocycles. The molecule has 0 aliphatic rings. The summed E-state index contributed by atoms with van der Waals surface area (Å²) in [6.45, 7) is 0. The van der Waals surface area contributed by atoms with Crippen molar-refractivity contribution in [1.29, 1.82) is 0 Å². The number of hydrogen-bond donors (Lipinski definition) is 1. The number of hydrogen-bond acceptors (Lipinski definition) is 7. The van der Waals surface area contributed by atoms with Crippen molar-refractivity contribution in [3.63, 3.8) is 0 Å². The van der Waals surface area contributed by atoms with Gasteiger partial charge in [0.2, 0.25) is 17.6 Å². The largest absolute Gasteiger partial charge is 0.339 e. The van der Waals surface area contributed by atoms with Crippen molar-refractivity contribution >= 4 is 55.5 Å². The van der Waals surface area contributed by atoms with Crippen LogP contribution in [0.25, 0.3) is 21.6 Å². The summed E-state index contributed by atoms with van der Waals surface area (Å²) in [5.74, 6) is 0.826. The molecule has 0 spiro atoms. The van der Waals surface area contributed by atoms with Gasteiger partial charge < -0.3 is 9.84 Å². The zero-order valence-corrected chi connectivity index (χ0v) is 15.1. The minimum absolute atomic E-state index is 0.152. The van der Waals surface area contributed by atoms with Gasteiger partial charge in [-0.15, -0.1) is 0 Å². The number of thiophene rings is 1. The molecular weight excluding hydrogens is 380 g/mol. The number of thiazole rings is 1. The molecule has 1 N–H and O–H groups in total. The normalized spacial score (nSPS) is 11.1. The highest BCUT2D eigenvalue weighted by Gasteiger charge is 2.12. The van der Waals surface area contributed by atoms with Crippen molar-refractivity contribution in [2.75, 3.05) is 5.32 Å². The highest BCUT2D eigenvalue weighted by atomic mass is 35.5. The molecule has 3 aromatic heterocycles. The maximum absolute atomic E-state index is 12.1. The van der Waals surface area contributed by atoms with Crippen LogP contribution in [0.15, 0.2) is 39.5 Å². The lowest BCUT2D eigenvalue weighted by Gasteiger charge is -1.98. The Morgan fingerprint density at radius 1 is 1.28 bits per heavy atom. The summed E-state index contributed by atoms with van der Waals surface area (Å²) in [6, 6.07) is 7.35. The van der Waals surface area contributed by atoms with E-state index >= 15 is 0 Å². The lowest BCUT2D eigenvalue weighted by Crippen LogP contribution is -2.12. The van der Waals surface area contributed by atoms with E-state index in [1.165, 1.54) is 11.3 Å². The molecule has 126 valence electrons. The molecule has 0 bridgehead atoms. The maximum atomic E-state index is 12.1. The molecule has 0 aliphatic heterocycles. The Labute approximate surface area is 155 Å². The van der Waals surface area contributed by atoms with E-state index in [4.69, 9.17) is 16.1 Å². The molecule has 0 atom stereocenters. The third kappa shape index (κ3) is 3.71. The fraction of sp³-hybridized carbons (Fsp3) is 0.125. The number of anilines is 1. The first-order valence-corrected chi connectivity index (χ1v) is 9.52. The van der Waals surface area contributed by atoms with Gasteiger partial charge in [-0.2, -0.15) is 16.3 Å². The smallest absolute Gasteiger partial charge is 0.227 e. The topological polar surface area (TPSA) is 80.9 Å². The number of benzene rings is 1. The number of carbonyl (C=O) groups excluding carboxylic acids is 1. The first kappa shape index (κ1) is 16.2. The fourth-order valence-electron chi connectivity index (χ4n) is 2.22. The van der Waals surface area contributed by atoms with Gasteiger partial charge in [-0.1, -0.05) is 28.1 Å². The predicted molar refractivity (Wildman–Crippen MR) is 99.2 cm³/mol. The van der Waals surface area contributed by atoms with Gasteiger partial charge in [-0.25, -0.2) is 4.98 Å². The van der Waals surface area contributed by atoms with Crippen molar-refractivity contribution in [2.24, 2.45) is 0 Å². The summed E-state index contributed by atoms with van der Waals surface area (Å²) >= 11 is 8.91. The van der Waals surface area contributed by atoms with Crippen LogP contribution in [0.3, 0.4) is 0 Å². The minimum Gasteiger partial charge on any atom is -0.339 e. The molecule has 0 unspecified atom stereocenters. The van der Waals surface area contributed by atoms with E-state index < -0.39 is 0 Å². The van der Waals surface area contributed by atoms with Crippen LogP contribution in [-0.2, 0) is 11.2 Å². The van der Waals surface area contributed by atoms with Crippen LogP contribution >= 0.6 is 34.3 Å². The van der Waals surface area contributed by atoms with Crippen molar-refractivity contribution in [1.82, 2.24) is 15.1 Å². The Bertz CT molecular complexity index is 1030. The molecule has 1 amide bonds. The lowest BCUT2D eigenvalue weighted by atomic mass is 10.3. The van der Waals surface area contributed by atoms with Crippen molar-refractivity contribution < 1.29 is 9.32 Å². The van der Waals surface area contributed by atoms with Crippen LogP contribution in [0.4, 0.5) is 5.13 Å². The summed E-state index contributed by atoms with van der Waals surface area (Å²) in [5.41, 5.74) is 1.72. The monoisotopic (exact) mass is 390 g/mol. The van der Waals surface area contributed by atoms with Crippen LogP contribution < -0.4 is 5.32 Å². The van der Waals surface area contributed by atoms with Gasteiger partial charge in [0.1, 0.15) is 0 Å². The van der Waals surface area contributed by atoms with E-state index in [9.17, 15) is 4.79 Å². The number of aromatic nitrogens is 3. The second-order valence-corrected chi connectivity index (χ2v) is 7.45. The maximum Gasteiger partial charge on any atom is 0.227 e. The number of rotatable bonds is 5. The number of halogens is 1. The molecule has 9 heteroatoms. The molecule has 0 radical (unpaired) electrons. The van der Waals surface area contributed by atoms with Gasteiger partial charge in [0.05, 0.1) is 10.2 Å². The number of carbonyl (C=O) groups is 1. The molecule has 4 aromatic rings. The summed E-state index contributed by atoms with van der Waals surface area (Å²) in [6.07, 6.45) is 0.613. The molecule has 6 nitrogen and oxygen atoms in total. The van der Waals surface area contributed by atoms with Crippen molar-refractivity contribution in [3.05, 3.63) is 45.9 Å². The van der Waals surface area contributed by atoms with Gasteiger partial charge in [-0.3, -0.25) is 4.79 Å². The first-order chi connectivity index (χ1) is 12.2. The van der Waals surface area contributed by atoms with E-state index in [0.717, 1.165) is 15.8 Å². The van der Waals surface area contributed by atoms with Gasteiger partial charge in [0, 0.05) is 28.8 Å². The van der Waals surface area contributed by atoms with Crippen molar-refractivity contribution in [2.45, 2.75) is 12.8 Å². The SMILES string of the molecule is O=C(CCc1nc(-c2ccsc2)no1)Nc1nc2ccc(Cl)cc2s1. The van der Waals surface area contributed by atoms with Crippen LogP contribution in [0.2, 0.25) is 5.02 Å². The van der Waals surface area contributed by atoms with Gasteiger partial charge >= 0.3 is 0 Å². The number of nitrogens with one attached hydrogen (secondary N) is 1. The van der Waals surface area contributed by atoms with Gasteiger partial charge in [-0.05, 0) is 29.6 Å². The van der Waals surface area contributed by atoms with Gasteiger partial charge in [0.15, 0.2) is 5.13 Å². The van der Waals surface area contributed by atoms with E-state index in [2.05, 4.69) is 20.4 Å². The molecule has 4 rings (SSSR count). The zero-order chi connectivity index (χ0) is 17.2.